The Morgan fingerprint density at radius 3 is 2.86 bits per heavy atom. The summed E-state index contributed by atoms with van der Waals surface area (Å²) in [5, 5.41) is 0. The third-order valence-electron chi connectivity index (χ3n) is 3.92. The summed E-state index contributed by atoms with van der Waals surface area (Å²) in [6, 6.07) is 3.89. The van der Waals surface area contributed by atoms with Crippen LogP contribution < -0.4 is 19.9 Å². The second-order valence-electron chi connectivity index (χ2n) is 5.48. The molecule has 0 radical (unpaired) electrons. The van der Waals surface area contributed by atoms with Gasteiger partial charge in [0.15, 0.2) is 11.5 Å². The lowest BCUT2D eigenvalue weighted by atomic mass is 10.1. The van der Waals surface area contributed by atoms with Crippen molar-refractivity contribution in [1.29, 1.82) is 0 Å². The molecule has 5 heteroatoms. The normalized spacial score (nSPS) is 20.0. The molecule has 3 rings (SSSR count). The van der Waals surface area contributed by atoms with Gasteiger partial charge in [-0.05, 0) is 50.3 Å². The Morgan fingerprint density at radius 1 is 1.24 bits per heavy atom. The van der Waals surface area contributed by atoms with Crippen LogP contribution in [0.5, 0.6) is 17.2 Å². The van der Waals surface area contributed by atoms with E-state index in [1.165, 1.54) is 12.8 Å². The Balaban J connectivity index is 1.55. The molecule has 0 aliphatic carbocycles. The maximum Gasteiger partial charge on any atom is 0.231 e. The first kappa shape index (κ1) is 14.5. The Hall–Kier alpha value is -1.46. The van der Waals surface area contributed by atoms with Crippen LogP contribution in [-0.4, -0.2) is 32.7 Å². The molecule has 2 heterocycles. The van der Waals surface area contributed by atoms with Gasteiger partial charge in [-0.3, -0.25) is 0 Å². The molecule has 0 aromatic heterocycles. The smallest absolute Gasteiger partial charge is 0.231 e. The van der Waals surface area contributed by atoms with Crippen molar-refractivity contribution in [2.45, 2.75) is 38.2 Å². The largest absolute Gasteiger partial charge is 0.493 e. The van der Waals surface area contributed by atoms with E-state index in [1.807, 2.05) is 12.1 Å². The Morgan fingerprint density at radius 2 is 2.10 bits per heavy atom. The molecular weight excluding hydrogens is 270 g/mol. The summed E-state index contributed by atoms with van der Waals surface area (Å²) >= 11 is 0. The molecule has 0 saturated carbocycles. The molecule has 1 fully saturated rings. The molecule has 5 nitrogen and oxygen atoms in total. The summed E-state index contributed by atoms with van der Waals surface area (Å²) in [7, 11) is 0. The molecule has 1 atom stereocenters. The van der Waals surface area contributed by atoms with Crippen LogP contribution in [0.2, 0.25) is 0 Å². The second kappa shape index (κ2) is 7.00. The summed E-state index contributed by atoms with van der Waals surface area (Å²) < 4.78 is 22.4. The quantitative estimate of drug-likeness (QED) is 0.781. The molecule has 2 N–H and O–H groups in total. The standard InChI is InChI=1S/C16H23NO4/c17-6-5-12-9-15-16(21-11-20-15)10-14(12)19-8-2-4-13-3-1-7-18-13/h9-10,13H,1-8,11,17H2. The lowest BCUT2D eigenvalue weighted by Gasteiger charge is -2.13. The van der Waals surface area contributed by atoms with Crippen molar-refractivity contribution in [2.24, 2.45) is 5.73 Å². The Bertz CT molecular complexity index is 472. The van der Waals surface area contributed by atoms with Crippen molar-refractivity contribution in [3.05, 3.63) is 17.7 Å². The fourth-order valence-corrected chi connectivity index (χ4v) is 2.82. The van der Waals surface area contributed by atoms with Crippen LogP contribution in [0.4, 0.5) is 0 Å². The van der Waals surface area contributed by atoms with Gasteiger partial charge in [-0.1, -0.05) is 0 Å². The first-order valence-electron chi connectivity index (χ1n) is 7.74. The van der Waals surface area contributed by atoms with Crippen LogP contribution >= 0.6 is 0 Å². The van der Waals surface area contributed by atoms with Gasteiger partial charge in [-0.25, -0.2) is 0 Å². The number of hydrogen-bond donors (Lipinski definition) is 1. The zero-order chi connectivity index (χ0) is 14.5. The maximum atomic E-state index is 5.93. The first-order chi connectivity index (χ1) is 10.4. The number of rotatable bonds is 7. The van der Waals surface area contributed by atoms with Crippen molar-refractivity contribution in [2.75, 3.05) is 26.6 Å². The summed E-state index contributed by atoms with van der Waals surface area (Å²) in [6.45, 7) is 2.47. The molecule has 0 amide bonds. The highest BCUT2D eigenvalue weighted by atomic mass is 16.7. The molecule has 0 bridgehead atoms. The zero-order valence-electron chi connectivity index (χ0n) is 12.3. The predicted octanol–water partition coefficient (Wildman–Crippen LogP) is 2.25. The highest BCUT2D eigenvalue weighted by Gasteiger charge is 2.18. The van der Waals surface area contributed by atoms with Crippen LogP contribution in [0, 0.1) is 0 Å². The highest BCUT2D eigenvalue weighted by molar-refractivity contribution is 5.52. The number of ether oxygens (including phenoxy) is 4. The van der Waals surface area contributed by atoms with E-state index < -0.39 is 0 Å². The van der Waals surface area contributed by atoms with Crippen molar-refractivity contribution in [1.82, 2.24) is 0 Å². The third kappa shape index (κ3) is 3.60. The Labute approximate surface area is 125 Å². The van der Waals surface area contributed by atoms with Gasteiger partial charge in [0.25, 0.3) is 0 Å². The molecule has 2 aliphatic rings. The summed E-state index contributed by atoms with van der Waals surface area (Å²) in [5.41, 5.74) is 6.75. The minimum atomic E-state index is 0.278. The maximum absolute atomic E-state index is 5.93. The monoisotopic (exact) mass is 293 g/mol. The molecule has 21 heavy (non-hydrogen) atoms. The van der Waals surface area contributed by atoms with Crippen LogP contribution in [0.1, 0.15) is 31.2 Å². The van der Waals surface area contributed by atoms with E-state index in [0.717, 1.165) is 48.7 Å². The van der Waals surface area contributed by atoms with Gasteiger partial charge in [0.05, 0.1) is 12.7 Å². The van der Waals surface area contributed by atoms with Crippen molar-refractivity contribution in [3.8, 4) is 17.2 Å². The SMILES string of the molecule is NCCc1cc2c(cc1OCCCC1CCCO1)OCO2. The average Bonchev–Trinajstić information content (AvgIpc) is 3.14. The van der Waals surface area contributed by atoms with Crippen molar-refractivity contribution < 1.29 is 18.9 Å². The summed E-state index contributed by atoms with van der Waals surface area (Å²) in [6.07, 6.45) is 5.64. The molecule has 0 spiro atoms. The van der Waals surface area contributed by atoms with Gasteiger partial charge >= 0.3 is 0 Å². The lowest BCUT2D eigenvalue weighted by molar-refractivity contribution is 0.0980. The van der Waals surface area contributed by atoms with Crippen molar-refractivity contribution in [3.63, 3.8) is 0 Å². The van der Waals surface area contributed by atoms with Crippen molar-refractivity contribution >= 4 is 0 Å². The molecule has 1 aromatic carbocycles. The third-order valence-corrected chi connectivity index (χ3v) is 3.92. The van der Waals surface area contributed by atoms with E-state index >= 15 is 0 Å². The molecule has 116 valence electrons. The highest BCUT2D eigenvalue weighted by Crippen LogP contribution is 2.38. The fraction of sp³-hybridized carbons (Fsp3) is 0.625. The van der Waals surface area contributed by atoms with Crippen LogP contribution in [0.3, 0.4) is 0 Å². The molecule has 1 saturated heterocycles. The zero-order valence-corrected chi connectivity index (χ0v) is 12.3. The minimum absolute atomic E-state index is 0.278. The average molecular weight is 293 g/mol. The van der Waals surface area contributed by atoms with Gasteiger partial charge in [-0.15, -0.1) is 0 Å². The minimum Gasteiger partial charge on any atom is -0.493 e. The van der Waals surface area contributed by atoms with Gasteiger partial charge in [0, 0.05) is 12.7 Å². The van der Waals surface area contributed by atoms with E-state index in [4.69, 9.17) is 24.7 Å². The van der Waals surface area contributed by atoms with Gasteiger partial charge < -0.3 is 24.7 Å². The summed E-state index contributed by atoms with van der Waals surface area (Å²) in [5.74, 6) is 2.40. The fourth-order valence-electron chi connectivity index (χ4n) is 2.82. The van der Waals surface area contributed by atoms with Gasteiger partial charge in [0.1, 0.15) is 5.75 Å². The molecular formula is C16H23NO4. The number of nitrogens with two attached hydrogens (primary N) is 1. The van der Waals surface area contributed by atoms with E-state index in [0.29, 0.717) is 19.3 Å². The van der Waals surface area contributed by atoms with E-state index in [9.17, 15) is 0 Å². The molecule has 1 unspecified atom stereocenters. The number of fused-ring (bicyclic) bond motifs is 1. The number of benzene rings is 1. The Kier molecular flexibility index (Phi) is 4.83. The molecule has 2 aliphatic heterocycles. The molecule has 1 aromatic rings. The predicted molar refractivity (Wildman–Crippen MR) is 79.0 cm³/mol. The first-order valence-corrected chi connectivity index (χ1v) is 7.74. The van der Waals surface area contributed by atoms with E-state index in [-0.39, 0.29) is 6.79 Å². The van der Waals surface area contributed by atoms with Crippen LogP contribution in [-0.2, 0) is 11.2 Å². The van der Waals surface area contributed by atoms with E-state index in [1.54, 1.807) is 0 Å². The lowest BCUT2D eigenvalue weighted by Crippen LogP contribution is -2.09. The van der Waals surface area contributed by atoms with Gasteiger partial charge in [-0.2, -0.15) is 0 Å². The number of hydrogen-bond acceptors (Lipinski definition) is 5. The van der Waals surface area contributed by atoms with E-state index in [2.05, 4.69) is 0 Å². The van der Waals surface area contributed by atoms with Crippen LogP contribution in [0.25, 0.3) is 0 Å². The second-order valence-corrected chi connectivity index (χ2v) is 5.48. The van der Waals surface area contributed by atoms with Gasteiger partial charge in [0.2, 0.25) is 6.79 Å². The topological polar surface area (TPSA) is 62.9 Å². The van der Waals surface area contributed by atoms with Crippen LogP contribution in [0.15, 0.2) is 12.1 Å². The summed E-state index contributed by atoms with van der Waals surface area (Å²) in [4.78, 5) is 0.